The Morgan fingerprint density at radius 2 is 2.20 bits per heavy atom. The molecule has 20 heavy (non-hydrogen) atoms. The van der Waals surface area contributed by atoms with Gasteiger partial charge in [-0.05, 0) is 0 Å². The van der Waals surface area contributed by atoms with Gasteiger partial charge in [0.1, 0.15) is 10.7 Å². The Labute approximate surface area is 118 Å². The Morgan fingerprint density at radius 3 is 2.85 bits per heavy atom. The van der Waals surface area contributed by atoms with Crippen molar-refractivity contribution in [3.63, 3.8) is 0 Å². The average Bonchev–Trinajstić information content (AvgIpc) is 2.87. The summed E-state index contributed by atoms with van der Waals surface area (Å²) in [4.78, 5) is 14.2. The smallest absolute Gasteiger partial charge is 0.269 e. The molecule has 106 valence electrons. The van der Waals surface area contributed by atoms with Gasteiger partial charge in [-0.25, -0.2) is 4.68 Å². The summed E-state index contributed by atoms with van der Waals surface area (Å²) in [5.41, 5.74) is 6.93. The summed E-state index contributed by atoms with van der Waals surface area (Å²) in [6.45, 7) is 3.13. The summed E-state index contributed by atoms with van der Waals surface area (Å²) >= 11 is 1.11. The van der Waals surface area contributed by atoms with Crippen LogP contribution in [0.25, 0.3) is 0 Å². The lowest BCUT2D eigenvalue weighted by Gasteiger charge is -2.28. The van der Waals surface area contributed by atoms with Crippen LogP contribution in [0.2, 0.25) is 0 Å². The second kappa shape index (κ2) is 5.55. The van der Waals surface area contributed by atoms with Crippen LogP contribution in [0.3, 0.4) is 0 Å². The monoisotopic (exact) mass is 294 g/mol. The maximum atomic E-state index is 12.1. The van der Waals surface area contributed by atoms with E-state index in [1.807, 2.05) is 0 Å². The third-order valence-corrected chi connectivity index (χ3v) is 3.71. The molecule has 0 bridgehead atoms. The standard InChI is InChI=1S/C11H14N6O2S/c12-11-9(14-15-20-11)7-17-10(18)5-8(6-13-17)16-1-3-19-4-2-16/h5-6H,1-4,7,12H2. The third-order valence-electron chi connectivity index (χ3n) is 3.12. The number of rotatable bonds is 3. The number of nitrogens with zero attached hydrogens (tertiary/aromatic N) is 5. The van der Waals surface area contributed by atoms with Crippen LogP contribution in [0.1, 0.15) is 5.69 Å². The Bertz CT molecular complexity index is 648. The number of nitrogen functional groups attached to an aromatic ring is 1. The van der Waals surface area contributed by atoms with Crippen molar-refractivity contribution in [2.75, 3.05) is 36.9 Å². The van der Waals surface area contributed by atoms with Crippen molar-refractivity contribution in [3.8, 4) is 0 Å². The summed E-state index contributed by atoms with van der Waals surface area (Å²) < 4.78 is 10.4. The Morgan fingerprint density at radius 1 is 1.40 bits per heavy atom. The maximum absolute atomic E-state index is 12.1. The topological polar surface area (TPSA) is 99.2 Å². The Balaban J connectivity index is 1.80. The van der Waals surface area contributed by atoms with E-state index < -0.39 is 0 Å². The molecule has 2 aromatic rings. The minimum absolute atomic E-state index is 0.179. The minimum atomic E-state index is -0.179. The van der Waals surface area contributed by atoms with Crippen molar-refractivity contribution in [3.05, 3.63) is 28.3 Å². The van der Waals surface area contributed by atoms with Gasteiger partial charge in [-0.3, -0.25) is 4.79 Å². The molecule has 9 heteroatoms. The van der Waals surface area contributed by atoms with E-state index in [4.69, 9.17) is 10.5 Å². The van der Waals surface area contributed by atoms with Crippen molar-refractivity contribution in [2.24, 2.45) is 0 Å². The van der Waals surface area contributed by atoms with E-state index in [0.717, 1.165) is 30.3 Å². The third kappa shape index (κ3) is 2.63. The van der Waals surface area contributed by atoms with Crippen LogP contribution < -0.4 is 16.2 Å². The number of nitrogens with two attached hydrogens (primary N) is 1. The molecule has 1 aliphatic rings. The van der Waals surface area contributed by atoms with Gasteiger partial charge in [0, 0.05) is 30.7 Å². The molecule has 0 spiro atoms. The van der Waals surface area contributed by atoms with Crippen LogP contribution in [-0.2, 0) is 11.3 Å². The maximum Gasteiger partial charge on any atom is 0.269 e. The highest BCUT2D eigenvalue weighted by molar-refractivity contribution is 7.09. The molecule has 0 unspecified atom stereocenters. The molecule has 0 radical (unpaired) electrons. The number of morpholine rings is 1. The molecular weight excluding hydrogens is 280 g/mol. The number of ether oxygens (including phenoxy) is 1. The van der Waals surface area contributed by atoms with Crippen LogP contribution in [0.5, 0.6) is 0 Å². The molecule has 2 N–H and O–H groups in total. The molecule has 3 rings (SSSR count). The first-order valence-electron chi connectivity index (χ1n) is 6.20. The van der Waals surface area contributed by atoms with Gasteiger partial charge in [-0.2, -0.15) is 5.10 Å². The summed E-state index contributed by atoms with van der Waals surface area (Å²) in [5.74, 6) is 0. The average molecular weight is 294 g/mol. The zero-order valence-electron chi connectivity index (χ0n) is 10.7. The summed E-state index contributed by atoms with van der Waals surface area (Å²) in [5, 5.41) is 8.56. The van der Waals surface area contributed by atoms with Gasteiger partial charge in [-0.1, -0.05) is 4.49 Å². The zero-order chi connectivity index (χ0) is 13.9. The van der Waals surface area contributed by atoms with E-state index in [2.05, 4.69) is 19.6 Å². The predicted molar refractivity (Wildman–Crippen MR) is 75.0 cm³/mol. The zero-order valence-corrected chi connectivity index (χ0v) is 11.5. The van der Waals surface area contributed by atoms with Crippen LogP contribution in [0, 0.1) is 0 Å². The molecule has 0 atom stereocenters. The fraction of sp³-hybridized carbons (Fsp3) is 0.455. The second-order valence-corrected chi connectivity index (χ2v) is 5.18. The first-order chi connectivity index (χ1) is 9.74. The highest BCUT2D eigenvalue weighted by atomic mass is 32.1. The normalized spacial score (nSPS) is 15.5. The van der Waals surface area contributed by atoms with Crippen molar-refractivity contribution < 1.29 is 4.74 Å². The van der Waals surface area contributed by atoms with Crippen molar-refractivity contribution in [1.82, 2.24) is 19.4 Å². The van der Waals surface area contributed by atoms with Gasteiger partial charge >= 0.3 is 0 Å². The molecule has 1 aliphatic heterocycles. The van der Waals surface area contributed by atoms with Gasteiger partial charge in [-0.15, -0.1) is 5.10 Å². The lowest BCUT2D eigenvalue weighted by Crippen LogP contribution is -2.37. The molecule has 0 amide bonds. The second-order valence-electron chi connectivity index (χ2n) is 4.39. The number of hydrogen-bond donors (Lipinski definition) is 1. The molecule has 0 aromatic carbocycles. The number of aromatic nitrogens is 4. The van der Waals surface area contributed by atoms with Crippen LogP contribution in [0.15, 0.2) is 17.1 Å². The van der Waals surface area contributed by atoms with Crippen molar-refractivity contribution >= 4 is 22.2 Å². The summed E-state index contributed by atoms with van der Waals surface area (Å²) in [7, 11) is 0. The molecule has 1 saturated heterocycles. The highest BCUT2D eigenvalue weighted by Crippen LogP contribution is 2.14. The lowest BCUT2D eigenvalue weighted by atomic mass is 10.3. The van der Waals surface area contributed by atoms with Crippen LogP contribution >= 0.6 is 11.5 Å². The molecule has 3 heterocycles. The van der Waals surface area contributed by atoms with E-state index in [1.54, 1.807) is 12.3 Å². The quantitative estimate of drug-likeness (QED) is 0.819. The molecular formula is C11H14N6O2S. The van der Waals surface area contributed by atoms with E-state index in [9.17, 15) is 4.79 Å². The molecule has 8 nitrogen and oxygen atoms in total. The van der Waals surface area contributed by atoms with E-state index >= 15 is 0 Å². The van der Waals surface area contributed by atoms with E-state index in [1.165, 1.54) is 4.68 Å². The van der Waals surface area contributed by atoms with E-state index in [-0.39, 0.29) is 12.1 Å². The molecule has 0 saturated carbocycles. The van der Waals surface area contributed by atoms with E-state index in [0.29, 0.717) is 23.9 Å². The molecule has 0 aliphatic carbocycles. The molecule has 1 fully saturated rings. The molecule has 2 aromatic heterocycles. The Kier molecular flexibility index (Phi) is 3.61. The van der Waals surface area contributed by atoms with Crippen molar-refractivity contribution in [1.29, 1.82) is 0 Å². The van der Waals surface area contributed by atoms with Crippen LogP contribution in [0.4, 0.5) is 10.7 Å². The lowest BCUT2D eigenvalue weighted by molar-refractivity contribution is 0.122. The SMILES string of the molecule is Nc1snnc1Cn1ncc(N2CCOCC2)cc1=O. The van der Waals surface area contributed by atoms with Gasteiger partial charge < -0.3 is 15.4 Å². The fourth-order valence-corrected chi connectivity index (χ4v) is 2.44. The van der Waals surface area contributed by atoms with Crippen molar-refractivity contribution in [2.45, 2.75) is 6.54 Å². The highest BCUT2D eigenvalue weighted by Gasteiger charge is 2.13. The van der Waals surface area contributed by atoms with Gasteiger partial charge in [0.25, 0.3) is 5.56 Å². The fourth-order valence-electron chi connectivity index (χ4n) is 2.00. The summed E-state index contributed by atoms with van der Waals surface area (Å²) in [6, 6.07) is 1.58. The Hall–Kier alpha value is -2.00. The first kappa shape index (κ1) is 13.0. The van der Waals surface area contributed by atoms with Gasteiger partial charge in [0.2, 0.25) is 0 Å². The first-order valence-corrected chi connectivity index (χ1v) is 6.98. The predicted octanol–water partition coefficient (Wildman–Crippen LogP) is -0.438. The van der Waals surface area contributed by atoms with Gasteiger partial charge in [0.05, 0.1) is 31.6 Å². The number of hydrogen-bond acceptors (Lipinski definition) is 8. The largest absolute Gasteiger partial charge is 0.388 e. The van der Waals surface area contributed by atoms with Crippen LogP contribution in [-0.4, -0.2) is 45.7 Å². The number of anilines is 2. The van der Waals surface area contributed by atoms with Gasteiger partial charge in [0.15, 0.2) is 0 Å². The minimum Gasteiger partial charge on any atom is -0.388 e. The summed E-state index contributed by atoms with van der Waals surface area (Å²) in [6.07, 6.45) is 1.68.